The molecule has 1 N–H and O–H groups in total. The van der Waals surface area contributed by atoms with E-state index in [0.29, 0.717) is 17.3 Å². The first-order chi connectivity index (χ1) is 15.4. The van der Waals surface area contributed by atoms with Crippen molar-refractivity contribution in [1.29, 1.82) is 0 Å². The molecule has 0 radical (unpaired) electrons. The number of sulfonamides is 1. The van der Waals surface area contributed by atoms with Gasteiger partial charge in [0.25, 0.3) is 0 Å². The normalized spacial score (nSPS) is 12.3. The summed E-state index contributed by atoms with van der Waals surface area (Å²) in [7, 11) is -3.76. The van der Waals surface area contributed by atoms with Gasteiger partial charge in [-0.25, -0.2) is 8.42 Å². The minimum absolute atomic E-state index is 0.174. The Balaban J connectivity index is 2.34. The maximum atomic E-state index is 13.4. The van der Waals surface area contributed by atoms with Crippen LogP contribution in [0.15, 0.2) is 48.5 Å². The molecule has 0 saturated carbocycles. The fraction of sp³-hybridized carbons (Fsp3) is 0.417. The number of hydrogen-bond donors (Lipinski definition) is 1. The van der Waals surface area contributed by atoms with E-state index in [1.807, 2.05) is 45.0 Å². The lowest BCUT2D eigenvalue weighted by Crippen LogP contribution is -2.51. The van der Waals surface area contributed by atoms with Gasteiger partial charge in [-0.3, -0.25) is 13.9 Å². The molecule has 0 aliphatic rings. The van der Waals surface area contributed by atoms with Gasteiger partial charge in [0.1, 0.15) is 12.6 Å². The summed E-state index contributed by atoms with van der Waals surface area (Å²) < 4.78 is 26.0. The van der Waals surface area contributed by atoms with Gasteiger partial charge in [-0.1, -0.05) is 55.3 Å². The fourth-order valence-electron chi connectivity index (χ4n) is 3.15. The van der Waals surface area contributed by atoms with Gasteiger partial charge < -0.3 is 10.2 Å². The molecule has 0 bridgehead atoms. The van der Waals surface area contributed by atoms with Crippen molar-refractivity contribution < 1.29 is 18.0 Å². The van der Waals surface area contributed by atoms with Gasteiger partial charge in [-0.15, -0.1) is 0 Å². The van der Waals surface area contributed by atoms with Gasteiger partial charge in [0.15, 0.2) is 0 Å². The van der Waals surface area contributed by atoms with Crippen LogP contribution in [-0.2, 0) is 26.2 Å². The van der Waals surface area contributed by atoms with Gasteiger partial charge in [-0.2, -0.15) is 0 Å². The third-order valence-electron chi connectivity index (χ3n) is 5.12. The van der Waals surface area contributed by atoms with Crippen LogP contribution in [0.3, 0.4) is 0 Å². The maximum Gasteiger partial charge on any atom is 0.244 e. The number of anilines is 1. The van der Waals surface area contributed by atoms with Gasteiger partial charge in [-0.05, 0) is 49.6 Å². The number of nitrogens with one attached hydrogen (secondary N) is 1. The van der Waals surface area contributed by atoms with E-state index in [0.717, 1.165) is 21.7 Å². The highest BCUT2D eigenvalue weighted by atomic mass is 35.5. The van der Waals surface area contributed by atoms with Crippen LogP contribution in [0.5, 0.6) is 0 Å². The molecule has 2 aromatic carbocycles. The van der Waals surface area contributed by atoms with E-state index in [-0.39, 0.29) is 18.4 Å². The Bertz CT molecular complexity index is 1050. The molecule has 2 aromatic rings. The van der Waals surface area contributed by atoms with E-state index >= 15 is 0 Å². The Morgan fingerprint density at radius 3 is 2.09 bits per heavy atom. The lowest BCUT2D eigenvalue weighted by molar-refractivity contribution is -0.139. The second-order valence-corrected chi connectivity index (χ2v) is 10.9. The van der Waals surface area contributed by atoms with Crippen molar-refractivity contribution in [2.45, 2.75) is 40.3 Å². The molecule has 0 saturated heterocycles. The van der Waals surface area contributed by atoms with E-state index in [1.165, 1.54) is 4.90 Å². The molecule has 2 amide bonds. The molecule has 33 heavy (non-hydrogen) atoms. The van der Waals surface area contributed by atoms with Crippen molar-refractivity contribution in [1.82, 2.24) is 10.2 Å². The standard InChI is InChI=1S/C24H32ClN3O4S/c1-17(2)14-26-24(30)19(4)27(15-20-8-6-18(3)7-9-20)23(29)16-28(33(5,31)32)22-12-10-21(25)11-13-22/h6-13,17,19H,14-16H2,1-5H3,(H,26,30)/t19-/m1/s1. The Hall–Kier alpha value is -2.58. The number of benzene rings is 2. The molecule has 0 unspecified atom stereocenters. The van der Waals surface area contributed by atoms with Crippen molar-refractivity contribution >= 4 is 39.1 Å². The zero-order chi connectivity index (χ0) is 24.8. The van der Waals surface area contributed by atoms with E-state index < -0.39 is 28.5 Å². The summed E-state index contributed by atoms with van der Waals surface area (Å²) in [5.41, 5.74) is 2.24. The second-order valence-electron chi connectivity index (χ2n) is 8.57. The molecule has 0 spiro atoms. The molecule has 0 aliphatic carbocycles. The average molecular weight is 494 g/mol. The molecule has 0 fully saturated rings. The van der Waals surface area contributed by atoms with Crippen LogP contribution in [0.25, 0.3) is 0 Å². The maximum absolute atomic E-state index is 13.4. The zero-order valence-electron chi connectivity index (χ0n) is 19.7. The Labute approximate surface area is 201 Å². The van der Waals surface area contributed by atoms with E-state index in [4.69, 9.17) is 11.6 Å². The SMILES string of the molecule is Cc1ccc(CN(C(=O)CN(c2ccc(Cl)cc2)S(C)(=O)=O)[C@H](C)C(=O)NCC(C)C)cc1. The highest BCUT2D eigenvalue weighted by Crippen LogP contribution is 2.21. The second kappa shape index (κ2) is 11.5. The minimum atomic E-state index is -3.76. The predicted molar refractivity (Wildman–Crippen MR) is 133 cm³/mol. The number of hydrogen-bond acceptors (Lipinski definition) is 4. The van der Waals surface area contributed by atoms with Gasteiger partial charge in [0, 0.05) is 18.1 Å². The van der Waals surface area contributed by atoms with Crippen LogP contribution in [-0.4, -0.2) is 50.5 Å². The highest BCUT2D eigenvalue weighted by Gasteiger charge is 2.30. The quantitative estimate of drug-likeness (QED) is 0.547. The molecule has 2 rings (SSSR count). The van der Waals surface area contributed by atoms with Gasteiger partial charge in [0.05, 0.1) is 11.9 Å². The molecule has 180 valence electrons. The molecule has 0 aliphatic heterocycles. The smallest absolute Gasteiger partial charge is 0.244 e. The zero-order valence-corrected chi connectivity index (χ0v) is 21.3. The molecule has 0 aromatic heterocycles. The monoisotopic (exact) mass is 493 g/mol. The largest absolute Gasteiger partial charge is 0.354 e. The number of nitrogens with zero attached hydrogens (tertiary/aromatic N) is 2. The summed E-state index contributed by atoms with van der Waals surface area (Å²) in [6.07, 6.45) is 1.04. The summed E-state index contributed by atoms with van der Waals surface area (Å²) in [5, 5.41) is 3.31. The Kier molecular flexibility index (Phi) is 9.31. The molecule has 9 heteroatoms. The third kappa shape index (κ3) is 8.05. The first-order valence-electron chi connectivity index (χ1n) is 10.7. The first-order valence-corrected chi connectivity index (χ1v) is 13.0. The number of aryl methyl sites for hydroxylation is 1. The molecular formula is C24H32ClN3O4S. The summed E-state index contributed by atoms with van der Waals surface area (Å²) >= 11 is 5.93. The summed E-state index contributed by atoms with van der Waals surface area (Å²) in [6.45, 7) is 7.80. The van der Waals surface area contributed by atoms with Crippen LogP contribution >= 0.6 is 11.6 Å². The van der Waals surface area contributed by atoms with Crippen molar-refractivity contribution in [3.8, 4) is 0 Å². The van der Waals surface area contributed by atoms with Gasteiger partial charge >= 0.3 is 0 Å². The topological polar surface area (TPSA) is 86.8 Å². The summed E-state index contributed by atoms with van der Waals surface area (Å²) in [6, 6.07) is 13.1. The Morgan fingerprint density at radius 1 is 1.00 bits per heavy atom. The molecule has 0 heterocycles. The van der Waals surface area contributed by atoms with Crippen LogP contribution < -0.4 is 9.62 Å². The summed E-state index contributed by atoms with van der Waals surface area (Å²) in [5.74, 6) is -0.516. The van der Waals surface area contributed by atoms with E-state index in [2.05, 4.69) is 5.32 Å². The minimum Gasteiger partial charge on any atom is -0.354 e. The van der Waals surface area contributed by atoms with Crippen LogP contribution in [0.1, 0.15) is 31.9 Å². The van der Waals surface area contributed by atoms with Gasteiger partial charge in [0.2, 0.25) is 21.8 Å². The van der Waals surface area contributed by atoms with Crippen molar-refractivity contribution in [2.75, 3.05) is 23.7 Å². The third-order valence-corrected chi connectivity index (χ3v) is 6.51. The van der Waals surface area contributed by atoms with E-state index in [9.17, 15) is 18.0 Å². The fourth-order valence-corrected chi connectivity index (χ4v) is 4.12. The summed E-state index contributed by atoms with van der Waals surface area (Å²) in [4.78, 5) is 27.6. The Morgan fingerprint density at radius 2 is 1.58 bits per heavy atom. The van der Waals surface area contributed by atoms with Crippen LogP contribution in [0.2, 0.25) is 5.02 Å². The average Bonchev–Trinajstić information content (AvgIpc) is 2.74. The number of amides is 2. The molecular weight excluding hydrogens is 462 g/mol. The molecule has 7 nitrogen and oxygen atoms in total. The number of carbonyl (C=O) groups is 2. The van der Waals surface area contributed by atoms with Crippen molar-refractivity contribution in [3.63, 3.8) is 0 Å². The van der Waals surface area contributed by atoms with Crippen LogP contribution in [0.4, 0.5) is 5.69 Å². The number of carbonyl (C=O) groups excluding carboxylic acids is 2. The van der Waals surface area contributed by atoms with E-state index in [1.54, 1.807) is 31.2 Å². The lowest BCUT2D eigenvalue weighted by Gasteiger charge is -2.31. The molecule has 1 atom stereocenters. The van der Waals surface area contributed by atoms with Crippen LogP contribution in [0, 0.1) is 12.8 Å². The van der Waals surface area contributed by atoms with Crippen molar-refractivity contribution in [3.05, 3.63) is 64.7 Å². The number of rotatable bonds is 10. The van der Waals surface area contributed by atoms with Crippen molar-refractivity contribution in [2.24, 2.45) is 5.92 Å². The highest BCUT2D eigenvalue weighted by molar-refractivity contribution is 7.92. The number of halogens is 1. The lowest BCUT2D eigenvalue weighted by atomic mass is 10.1. The predicted octanol–water partition coefficient (Wildman–Crippen LogP) is 3.60. The first kappa shape index (κ1) is 26.7.